The van der Waals surface area contributed by atoms with E-state index in [1.807, 2.05) is 12.1 Å². The Morgan fingerprint density at radius 1 is 1.29 bits per heavy atom. The Morgan fingerprint density at radius 3 is 2.57 bits per heavy atom. The minimum Gasteiger partial charge on any atom is -0.334 e. The second kappa shape index (κ2) is 5.29. The summed E-state index contributed by atoms with van der Waals surface area (Å²) in [5.74, 6) is 0.936. The van der Waals surface area contributed by atoms with E-state index in [0.717, 1.165) is 36.9 Å². The molecule has 1 aromatic carbocycles. The first-order valence-electron chi connectivity index (χ1n) is 7.08. The maximum atomic E-state index is 11.0. The molecule has 1 aromatic heterocycles. The standard InChI is InChI=1S/C15H18N4O2/c1-10(20)17-12-6-4-11(5-7-12)13-18-14(19-21-13)15(16)8-2-3-9-15/h4-7H,2-3,8-9,16H2,1H3,(H,17,20). The number of hydrogen-bond acceptors (Lipinski definition) is 5. The van der Waals surface area contributed by atoms with E-state index in [4.69, 9.17) is 10.3 Å². The third-order valence-corrected chi connectivity index (χ3v) is 3.82. The van der Waals surface area contributed by atoms with E-state index in [0.29, 0.717) is 11.7 Å². The molecule has 6 heteroatoms. The minimum atomic E-state index is -0.447. The number of nitrogens with zero attached hydrogens (tertiary/aromatic N) is 2. The molecule has 0 spiro atoms. The van der Waals surface area contributed by atoms with Crippen LogP contribution in [0.2, 0.25) is 0 Å². The lowest BCUT2D eigenvalue weighted by Gasteiger charge is -2.17. The van der Waals surface area contributed by atoms with Crippen LogP contribution in [0.5, 0.6) is 0 Å². The van der Waals surface area contributed by atoms with Gasteiger partial charge in [-0.1, -0.05) is 18.0 Å². The number of amides is 1. The van der Waals surface area contributed by atoms with Crippen LogP contribution in [0, 0.1) is 0 Å². The van der Waals surface area contributed by atoms with Gasteiger partial charge in [-0.3, -0.25) is 4.79 Å². The maximum absolute atomic E-state index is 11.0. The van der Waals surface area contributed by atoms with Gasteiger partial charge in [0.25, 0.3) is 5.89 Å². The summed E-state index contributed by atoms with van der Waals surface area (Å²) in [5.41, 5.74) is 7.41. The van der Waals surface area contributed by atoms with Gasteiger partial charge >= 0.3 is 0 Å². The zero-order chi connectivity index (χ0) is 14.9. The molecule has 1 aliphatic rings. The highest BCUT2D eigenvalue weighted by molar-refractivity contribution is 5.88. The minimum absolute atomic E-state index is 0.103. The maximum Gasteiger partial charge on any atom is 0.257 e. The molecule has 0 bridgehead atoms. The number of hydrogen-bond donors (Lipinski definition) is 2. The summed E-state index contributed by atoms with van der Waals surface area (Å²) < 4.78 is 5.32. The van der Waals surface area contributed by atoms with Crippen LogP contribution in [0.3, 0.4) is 0 Å². The summed E-state index contributed by atoms with van der Waals surface area (Å²) in [6, 6.07) is 7.27. The van der Waals surface area contributed by atoms with Crippen LogP contribution in [-0.2, 0) is 10.3 Å². The normalized spacial score (nSPS) is 16.9. The molecule has 3 rings (SSSR count). The van der Waals surface area contributed by atoms with Gasteiger partial charge in [0.15, 0.2) is 5.82 Å². The van der Waals surface area contributed by atoms with Gasteiger partial charge in [0.2, 0.25) is 5.91 Å². The zero-order valence-electron chi connectivity index (χ0n) is 11.9. The molecule has 6 nitrogen and oxygen atoms in total. The van der Waals surface area contributed by atoms with Crippen molar-refractivity contribution >= 4 is 11.6 Å². The molecule has 0 unspecified atom stereocenters. The number of benzene rings is 1. The first-order chi connectivity index (χ1) is 10.1. The fraction of sp³-hybridized carbons (Fsp3) is 0.400. The Morgan fingerprint density at radius 2 is 1.95 bits per heavy atom. The Balaban J connectivity index is 1.81. The van der Waals surface area contributed by atoms with Crippen molar-refractivity contribution in [2.75, 3.05) is 5.32 Å². The van der Waals surface area contributed by atoms with Crippen LogP contribution in [0.25, 0.3) is 11.5 Å². The van der Waals surface area contributed by atoms with Gasteiger partial charge in [-0.25, -0.2) is 0 Å². The van der Waals surface area contributed by atoms with E-state index in [9.17, 15) is 4.79 Å². The van der Waals surface area contributed by atoms with Crippen molar-refractivity contribution in [2.24, 2.45) is 5.73 Å². The Bertz CT molecular complexity index is 642. The van der Waals surface area contributed by atoms with Crippen LogP contribution >= 0.6 is 0 Å². The summed E-state index contributed by atoms with van der Waals surface area (Å²) in [7, 11) is 0. The molecule has 0 atom stereocenters. The molecule has 2 aromatic rings. The van der Waals surface area contributed by atoms with Crippen molar-refractivity contribution < 1.29 is 9.32 Å². The fourth-order valence-electron chi connectivity index (χ4n) is 2.67. The van der Waals surface area contributed by atoms with Crippen LogP contribution in [0.15, 0.2) is 28.8 Å². The monoisotopic (exact) mass is 286 g/mol. The van der Waals surface area contributed by atoms with E-state index in [2.05, 4.69) is 15.5 Å². The average molecular weight is 286 g/mol. The molecule has 110 valence electrons. The second-order valence-electron chi connectivity index (χ2n) is 5.54. The lowest BCUT2D eigenvalue weighted by Crippen LogP contribution is -2.34. The second-order valence-corrected chi connectivity index (χ2v) is 5.54. The summed E-state index contributed by atoms with van der Waals surface area (Å²) in [6.45, 7) is 1.47. The molecular formula is C15H18N4O2. The quantitative estimate of drug-likeness (QED) is 0.903. The molecule has 1 fully saturated rings. The number of rotatable bonds is 3. The van der Waals surface area contributed by atoms with Crippen molar-refractivity contribution in [3.05, 3.63) is 30.1 Å². The molecule has 1 aliphatic carbocycles. The van der Waals surface area contributed by atoms with Gasteiger partial charge in [0.05, 0.1) is 5.54 Å². The third kappa shape index (κ3) is 2.80. The van der Waals surface area contributed by atoms with Crippen LogP contribution in [0.4, 0.5) is 5.69 Å². The van der Waals surface area contributed by atoms with Gasteiger partial charge in [0, 0.05) is 18.2 Å². The topological polar surface area (TPSA) is 94.0 Å². The SMILES string of the molecule is CC(=O)Nc1ccc(-c2nc(C3(N)CCCC3)no2)cc1. The van der Waals surface area contributed by atoms with Gasteiger partial charge < -0.3 is 15.6 Å². The molecule has 3 N–H and O–H groups in total. The van der Waals surface area contributed by atoms with Crippen molar-refractivity contribution in [3.8, 4) is 11.5 Å². The van der Waals surface area contributed by atoms with Crippen LogP contribution in [0.1, 0.15) is 38.4 Å². The van der Waals surface area contributed by atoms with Gasteiger partial charge in [-0.15, -0.1) is 0 Å². The molecule has 21 heavy (non-hydrogen) atoms. The largest absolute Gasteiger partial charge is 0.334 e. The predicted molar refractivity (Wildman–Crippen MR) is 78.4 cm³/mol. The molecular weight excluding hydrogens is 268 g/mol. The molecule has 1 amide bonds. The van der Waals surface area contributed by atoms with Crippen molar-refractivity contribution in [2.45, 2.75) is 38.1 Å². The summed E-state index contributed by atoms with van der Waals surface area (Å²) in [6.07, 6.45) is 4.00. The number of carbonyl (C=O) groups is 1. The first kappa shape index (κ1) is 13.8. The molecule has 1 saturated carbocycles. The summed E-state index contributed by atoms with van der Waals surface area (Å²) >= 11 is 0. The number of nitrogens with two attached hydrogens (primary N) is 1. The highest BCUT2D eigenvalue weighted by Gasteiger charge is 2.36. The van der Waals surface area contributed by atoms with E-state index < -0.39 is 5.54 Å². The molecule has 0 aliphatic heterocycles. The fourth-order valence-corrected chi connectivity index (χ4v) is 2.67. The van der Waals surface area contributed by atoms with Crippen molar-refractivity contribution in [1.82, 2.24) is 10.1 Å². The van der Waals surface area contributed by atoms with Crippen molar-refractivity contribution in [1.29, 1.82) is 0 Å². The summed E-state index contributed by atoms with van der Waals surface area (Å²) in [5, 5.41) is 6.75. The van der Waals surface area contributed by atoms with E-state index >= 15 is 0 Å². The van der Waals surface area contributed by atoms with E-state index in [1.54, 1.807) is 12.1 Å². The van der Waals surface area contributed by atoms with Gasteiger partial charge in [-0.2, -0.15) is 4.98 Å². The highest BCUT2D eigenvalue weighted by atomic mass is 16.5. The number of nitrogens with one attached hydrogen (secondary N) is 1. The Hall–Kier alpha value is -2.21. The highest BCUT2D eigenvalue weighted by Crippen LogP contribution is 2.35. The first-order valence-corrected chi connectivity index (χ1v) is 7.08. The lowest BCUT2D eigenvalue weighted by atomic mass is 9.99. The average Bonchev–Trinajstić information content (AvgIpc) is 3.09. The van der Waals surface area contributed by atoms with Crippen LogP contribution < -0.4 is 11.1 Å². The Kier molecular flexibility index (Phi) is 3.47. The summed E-state index contributed by atoms with van der Waals surface area (Å²) in [4.78, 5) is 15.4. The van der Waals surface area contributed by atoms with Crippen LogP contribution in [-0.4, -0.2) is 16.0 Å². The predicted octanol–water partition coefficient (Wildman–Crippen LogP) is 2.42. The third-order valence-electron chi connectivity index (χ3n) is 3.82. The van der Waals surface area contributed by atoms with Crippen molar-refractivity contribution in [3.63, 3.8) is 0 Å². The lowest BCUT2D eigenvalue weighted by molar-refractivity contribution is -0.114. The number of anilines is 1. The number of aromatic nitrogens is 2. The van der Waals surface area contributed by atoms with E-state index in [-0.39, 0.29) is 5.91 Å². The van der Waals surface area contributed by atoms with Gasteiger partial charge in [0.1, 0.15) is 0 Å². The van der Waals surface area contributed by atoms with E-state index in [1.165, 1.54) is 6.92 Å². The zero-order valence-corrected chi connectivity index (χ0v) is 11.9. The smallest absolute Gasteiger partial charge is 0.257 e. The molecule has 0 saturated heterocycles. The molecule has 0 radical (unpaired) electrons. The number of carbonyl (C=O) groups excluding carboxylic acids is 1. The Labute approximate surface area is 122 Å². The molecule has 1 heterocycles. The van der Waals surface area contributed by atoms with Gasteiger partial charge in [-0.05, 0) is 37.1 Å².